The summed E-state index contributed by atoms with van der Waals surface area (Å²) in [5, 5.41) is 2.34. The summed E-state index contributed by atoms with van der Waals surface area (Å²) in [6.45, 7) is 0. The lowest BCUT2D eigenvalue weighted by atomic mass is 10.1. The van der Waals surface area contributed by atoms with Gasteiger partial charge in [-0.1, -0.05) is 36.4 Å². The molecule has 0 atom stereocenters. The van der Waals surface area contributed by atoms with E-state index in [4.69, 9.17) is 18.4 Å². The van der Waals surface area contributed by atoms with Crippen LogP contribution in [0.25, 0.3) is 10.8 Å². The zero-order valence-electron chi connectivity index (χ0n) is 7.75. The van der Waals surface area contributed by atoms with Gasteiger partial charge in [-0.2, -0.15) is 0 Å². The molecule has 0 unspecified atom stereocenters. The standard InChI is InChI=1S/C10H9N.O3S/c11-10-7-3-5-8-4-1-2-6-9(8)10;1-4(2)3/h1-7H,11H2;. The summed E-state index contributed by atoms with van der Waals surface area (Å²) in [4.78, 5) is 0. The van der Waals surface area contributed by atoms with Gasteiger partial charge in [0.05, 0.1) is 0 Å². The molecule has 15 heavy (non-hydrogen) atoms. The Morgan fingerprint density at radius 1 is 0.867 bits per heavy atom. The maximum atomic E-state index is 8.44. The quantitative estimate of drug-likeness (QED) is 0.685. The largest absolute Gasteiger partial charge is 0.425 e. The van der Waals surface area contributed by atoms with E-state index in [2.05, 4.69) is 12.1 Å². The van der Waals surface area contributed by atoms with Gasteiger partial charge in [0, 0.05) is 11.1 Å². The highest BCUT2D eigenvalue weighted by Crippen LogP contribution is 2.19. The van der Waals surface area contributed by atoms with E-state index in [9.17, 15) is 0 Å². The third kappa shape index (κ3) is 3.40. The summed E-state index contributed by atoms with van der Waals surface area (Å²) in [5.74, 6) is 0. The van der Waals surface area contributed by atoms with Crippen LogP contribution in [0.2, 0.25) is 0 Å². The number of anilines is 1. The van der Waals surface area contributed by atoms with E-state index in [-0.39, 0.29) is 0 Å². The highest BCUT2D eigenvalue weighted by Gasteiger charge is 1.92. The van der Waals surface area contributed by atoms with Crippen LogP contribution in [-0.2, 0) is 10.6 Å². The van der Waals surface area contributed by atoms with E-state index in [1.54, 1.807) is 0 Å². The van der Waals surface area contributed by atoms with E-state index in [0.29, 0.717) is 0 Å². The fourth-order valence-corrected chi connectivity index (χ4v) is 1.25. The molecule has 5 heteroatoms. The average molecular weight is 223 g/mol. The fraction of sp³-hybridized carbons (Fsp3) is 0. The second kappa shape index (κ2) is 5.11. The molecule has 0 aliphatic rings. The summed E-state index contributed by atoms with van der Waals surface area (Å²) in [6.07, 6.45) is 0. The van der Waals surface area contributed by atoms with Crippen molar-refractivity contribution in [2.45, 2.75) is 0 Å². The molecular formula is C10H9NO3S. The number of hydrogen-bond donors (Lipinski definition) is 1. The Kier molecular flexibility index (Phi) is 3.82. The molecule has 0 saturated carbocycles. The molecule has 0 saturated heterocycles. The molecule has 2 aromatic rings. The van der Waals surface area contributed by atoms with E-state index in [1.807, 2.05) is 30.3 Å². The normalized spacial score (nSPS) is 9.07. The number of nitrogen functional groups attached to an aromatic ring is 1. The topological polar surface area (TPSA) is 77.2 Å². The molecule has 0 aliphatic carbocycles. The molecule has 0 spiro atoms. The Bertz CT molecular complexity index is 551. The molecule has 0 bridgehead atoms. The Hall–Kier alpha value is -1.88. The minimum absolute atomic E-state index is 0.850. The first-order valence-corrected chi connectivity index (χ1v) is 5.11. The number of fused-ring (bicyclic) bond motifs is 1. The van der Waals surface area contributed by atoms with Crippen LogP contribution < -0.4 is 5.73 Å². The van der Waals surface area contributed by atoms with Crippen molar-refractivity contribution in [3.05, 3.63) is 42.5 Å². The second-order valence-electron chi connectivity index (χ2n) is 2.77. The molecule has 2 N–H and O–H groups in total. The van der Waals surface area contributed by atoms with Crippen molar-refractivity contribution in [3.63, 3.8) is 0 Å². The van der Waals surface area contributed by atoms with Crippen molar-refractivity contribution in [1.29, 1.82) is 0 Å². The first kappa shape index (κ1) is 11.2. The molecule has 0 fully saturated rings. The first-order valence-electron chi connectivity index (χ1n) is 4.11. The van der Waals surface area contributed by atoms with Crippen molar-refractivity contribution < 1.29 is 12.6 Å². The minimum atomic E-state index is -3.11. The summed E-state index contributed by atoms with van der Waals surface area (Å²) in [5.41, 5.74) is 6.61. The van der Waals surface area contributed by atoms with E-state index < -0.39 is 10.6 Å². The van der Waals surface area contributed by atoms with Crippen LogP contribution in [0.15, 0.2) is 42.5 Å². The van der Waals surface area contributed by atoms with Gasteiger partial charge in [0.25, 0.3) is 0 Å². The molecule has 0 heterocycles. The highest BCUT2D eigenvalue weighted by atomic mass is 32.2. The number of nitrogens with two attached hydrogens (primary N) is 1. The van der Waals surface area contributed by atoms with Crippen LogP contribution in [0.4, 0.5) is 5.69 Å². The summed E-state index contributed by atoms with van der Waals surface area (Å²) in [7, 11) is -3.11. The summed E-state index contributed by atoms with van der Waals surface area (Å²) >= 11 is 0. The SMILES string of the molecule is Nc1cccc2ccccc12.O=S(=O)=O. The number of rotatable bonds is 0. The monoisotopic (exact) mass is 223 g/mol. The van der Waals surface area contributed by atoms with Crippen molar-refractivity contribution in [2.24, 2.45) is 0 Å². The van der Waals surface area contributed by atoms with Crippen LogP contribution in [0.1, 0.15) is 0 Å². The summed E-state index contributed by atoms with van der Waals surface area (Å²) < 4.78 is 25.3. The lowest BCUT2D eigenvalue weighted by Crippen LogP contribution is -1.84. The summed E-state index contributed by atoms with van der Waals surface area (Å²) in [6, 6.07) is 14.1. The van der Waals surface area contributed by atoms with Gasteiger partial charge in [-0.25, -0.2) is 0 Å². The van der Waals surface area contributed by atoms with Crippen molar-refractivity contribution in [1.82, 2.24) is 0 Å². The van der Waals surface area contributed by atoms with Crippen LogP contribution in [0.5, 0.6) is 0 Å². The Balaban J connectivity index is 0.000000245. The molecule has 0 amide bonds. The van der Waals surface area contributed by atoms with E-state index >= 15 is 0 Å². The van der Waals surface area contributed by atoms with Gasteiger partial charge in [-0.05, 0) is 11.5 Å². The minimum Gasteiger partial charge on any atom is -0.398 e. The third-order valence-corrected chi connectivity index (χ3v) is 1.82. The lowest BCUT2D eigenvalue weighted by Gasteiger charge is -1.98. The van der Waals surface area contributed by atoms with Crippen LogP contribution in [0.3, 0.4) is 0 Å². The Morgan fingerprint density at radius 3 is 2.00 bits per heavy atom. The molecule has 4 nitrogen and oxygen atoms in total. The van der Waals surface area contributed by atoms with Gasteiger partial charge in [0.15, 0.2) is 0 Å². The molecule has 0 radical (unpaired) electrons. The van der Waals surface area contributed by atoms with Crippen molar-refractivity contribution in [3.8, 4) is 0 Å². The van der Waals surface area contributed by atoms with Crippen LogP contribution in [-0.4, -0.2) is 12.6 Å². The Labute approximate surface area is 88.4 Å². The maximum absolute atomic E-state index is 8.44. The van der Waals surface area contributed by atoms with Crippen LogP contribution in [0, 0.1) is 0 Å². The molecular weight excluding hydrogens is 214 g/mol. The van der Waals surface area contributed by atoms with Gasteiger partial charge in [-0.3, -0.25) is 0 Å². The fourth-order valence-electron chi connectivity index (χ4n) is 1.25. The molecule has 0 aliphatic heterocycles. The zero-order valence-corrected chi connectivity index (χ0v) is 8.57. The smallest absolute Gasteiger partial charge is 0.398 e. The third-order valence-electron chi connectivity index (χ3n) is 1.82. The van der Waals surface area contributed by atoms with E-state index in [0.717, 1.165) is 11.1 Å². The zero-order chi connectivity index (χ0) is 11.3. The average Bonchev–Trinajstić information content (AvgIpc) is 2.18. The van der Waals surface area contributed by atoms with Crippen LogP contribution >= 0.6 is 0 Å². The highest BCUT2D eigenvalue weighted by molar-refractivity contribution is 7.59. The molecule has 78 valence electrons. The first-order chi connectivity index (χ1) is 7.11. The Morgan fingerprint density at radius 2 is 1.40 bits per heavy atom. The predicted octanol–water partition coefficient (Wildman–Crippen LogP) is 1.42. The van der Waals surface area contributed by atoms with Gasteiger partial charge in [0.1, 0.15) is 0 Å². The number of benzene rings is 2. The predicted molar refractivity (Wildman–Crippen MR) is 58.1 cm³/mol. The molecule has 2 aromatic carbocycles. The second-order valence-corrected chi connectivity index (χ2v) is 3.18. The van der Waals surface area contributed by atoms with E-state index in [1.165, 1.54) is 5.39 Å². The van der Waals surface area contributed by atoms with Gasteiger partial charge >= 0.3 is 10.6 Å². The molecule has 2 rings (SSSR count). The van der Waals surface area contributed by atoms with Gasteiger partial charge in [-0.15, -0.1) is 12.6 Å². The number of hydrogen-bond acceptors (Lipinski definition) is 4. The van der Waals surface area contributed by atoms with Gasteiger partial charge in [0.2, 0.25) is 0 Å². The maximum Gasteiger partial charge on any atom is 0.425 e. The lowest BCUT2D eigenvalue weighted by molar-refractivity contribution is 0.559. The van der Waals surface area contributed by atoms with Gasteiger partial charge < -0.3 is 5.73 Å². The van der Waals surface area contributed by atoms with Crippen molar-refractivity contribution in [2.75, 3.05) is 5.73 Å². The molecule has 0 aromatic heterocycles. The van der Waals surface area contributed by atoms with Crippen molar-refractivity contribution >= 4 is 27.1 Å².